The fourth-order valence-corrected chi connectivity index (χ4v) is 5.24. The van der Waals surface area contributed by atoms with Crippen LogP contribution in [0.3, 0.4) is 0 Å². The van der Waals surface area contributed by atoms with Gasteiger partial charge in [0.05, 0.1) is 0 Å². The van der Waals surface area contributed by atoms with Crippen LogP contribution in [0.25, 0.3) is 0 Å². The Morgan fingerprint density at radius 1 is 1.00 bits per heavy atom. The van der Waals surface area contributed by atoms with Gasteiger partial charge in [-0.25, -0.2) is 0 Å². The zero-order chi connectivity index (χ0) is 17.4. The summed E-state index contributed by atoms with van der Waals surface area (Å²) in [6.45, 7) is 11.7. The first-order chi connectivity index (χ1) is 11.3. The van der Waals surface area contributed by atoms with Gasteiger partial charge in [-0.3, -0.25) is 9.69 Å². The highest BCUT2D eigenvalue weighted by Gasteiger charge is 2.47. The lowest BCUT2D eigenvalue weighted by atomic mass is 9.61. The summed E-state index contributed by atoms with van der Waals surface area (Å²) in [4.78, 5) is 15.7. The van der Waals surface area contributed by atoms with E-state index in [4.69, 9.17) is 0 Å². The van der Waals surface area contributed by atoms with E-state index in [-0.39, 0.29) is 16.6 Å². The topological polar surface area (TPSA) is 20.3 Å². The summed E-state index contributed by atoms with van der Waals surface area (Å²) in [5.74, 6) is 0.203. The predicted octanol–water partition coefficient (Wildman–Crippen LogP) is 5.11. The summed E-state index contributed by atoms with van der Waals surface area (Å²) in [5, 5.41) is 0. The lowest BCUT2D eigenvalue weighted by Crippen LogP contribution is -2.56. The van der Waals surface area contributed by atoms with Gasteiger partial charge < -0.3 is 0 Å². The number of allylic oxidation sites excluding steroid dienone is 1. The van der Waals surface area contributed by atoms with Crippen LogP contribution in [0.15, 0.2) is 42.0 Å². The third-order valence-electron chi connectivity index (χ3n) is 5.72. The fourth-order valence-electron chi connectivity index (χ4n) is 5.24. The fraction of sp³-hybridized carbons (Fsp3) is 0.591. The molecule has 2 aliphatic rings. The van der Waals surface area contributed by atoms with Gasteiger partial charge in [0, 0.05) is 11.6 Å². The van der Waals surface area contributed by atoms with Gasteiger partial charge in [0.1, 0.15) is 0 Å². The molecule has 1 heterocycles. The predicted molar refractivity (Wildman–Crippen MR) is 100 cm³/mol. The molecule has 0 N–H and O–H groups in total. The number of nitrogens with zero attached hydrogens (tertiary/aromatic N) is 1. The van der Waals surface area contributed by atoms with Crippen molar-refractivity contribution in [2.24, 2.45) is 10.8 Å². The second-order valence-electron chi connectivity index (χ2n) is 8.85. The zero-order valence-electron chi connectivity index (χ0n) is 15.6. The van der Waals surface area contributed by atoms with Gasteiger partial charge in [-0.2, -0.15) is 0 Å². The third-order valence-corrected chi connectivity index (χ3v) is 5.72. The van der Waals surface area contributed by atoms with E-state index < -0.39 is 0 Å². The van der Waals surface area contributed by atoms with Crippen LogP contribution in [0, 0.1) is 10.8 Å². The first kappa shape index (κ1) is 17.4. The Kier molecular flexibility index (Phi) is 4.70. The molecule has 130 valence electrons. The highest BCUT2D eigenvalue weighted by atomic mass is 16.1. The van der Waals surface area contributed by atoms with E-state index in [9.17, 15) is 4.79 Å². The standard InChI is InChI=1S/C22H31NO/c1-21(2)15-18(19(24)17-11-7-5-8-12-17)16-22(3,4)20(21)23-13-9-6-10-14-23/h5,7-8,11-12,15,20H,6,9-10,13-14,16H2,1-4H3. The molecule has 0 amide bonds. The van der Waals surface area contributed by atoms with Gasteiger partial charge in [-0.1, -0.05) is 70.5 Å². The number of likely N-dealkylation sites (tertiary alicyclic amines) is 1. The van der Waals surface area contributed by atoms with Crippen molar-refractivity contribution >= 4 is 5.78 Å². The largest absolute Gasteiger partial charge is 0.299 e. The van der Waals surface area contributed by atoms with Crippen LogP contribution in [0.4, 0.5) is 0 Å². The highest BCUT2D eigenvalue weighted by Crippen LogP contribution is 2.48. The SMILES string of the molecule is CC1(C)C=C(C(=O)c2ccccc2)CC(C)(C)C1N1CCCCC1. The summed E-state index contributed by atoms with van der Waals surface area (Å²) in [5.41, 5.74) is 1.92. The van der Waals surface area contributed by atoms with Gasteiger partial charge >= 0.3 is 0 Å². The number of Topliss-reactive ketones (excluding diaryl/α,β-unsaturated/α-hetero) is 1. The molecule has 0 aromatic heterocycles. The van der Waals surface area contributed by atoms with E-state index >= 15 is 0 Å². The molecule has 0 radical (unpaired) electrons. The molecule has 2 nitrogen and oxygen atoms in total. The third kappa shape index (κ3) is 3.35. The van der Waals surface area contributed by atoms with Crippen molar-refractivity contribution in [3.05, 3.63) is 47.5 Å². The van der Waals surface area contributed by atoms with Crippen molar-refractivity contribution in [1.82, 2.24) is 4.90 Å². The van der Waals surface area contributed by atoms with E-state index in [1.54, 1.807) is 0 Å². The summed E-state index contributed by atoms with van der Waals surface area (Å²) in [6, 6.07) is 10.2. The molecule has 0 bridgehead atoms. The van der Waals surface area contributed by atoms with Crippen molar-refractivity contribution < 1.29 is 4.79 Å². The summed E-state index contributed by atoms with van der Waals surface area (Å²) in [7, 11) is 0. The lowest BCUT2D eigenvalue weighted by molar-refractivity contribution is 0.000383. The quantitative estimate of drug-likeness (QED) is 0.720. The number of hydrogen-bond donors (Lipinski definition) is 0. The average molecular weight is 325 g/mol. The van der Waals surface area contributed by atoms with Crippen LogP contribution >= 0.6 is 0 Å². The zero-order valence-corrected chi connectivity index (χ0v) is 15.6. The number of carbonyl (C=O) groups is 1. The van der Waals surface area contributed by atoms with Gasteiger partial charge in [0.25, 0.3) is 0 Å². The maximum atomic E-state index is 13.0. The number of piperidine rings is 1. The molecule has 1 aromatic carbocycles. The Morgan fingerprint density at radius 3 is 2.21 bits per heavy atom. The molecule has 24 heavy (non-hydrogen) atoms. The van der Waals surface area contributed by atoms with E-state index in [0.29, 0.717) is 6.04 Å². The van der Waals surface area contributed by atoms with Crippen molar-refractivity contribution in [2.45, 2.75) is 59.4 Å². The van der Waals surface area contributed by atoms with Gasteiger partial charge in [-0.15, -0.1) is 0 Å². The molecular formula is C22H31NO. The molecule has 1 unspecified atom stereocenters. The van der Waals surface area contributed by atoms with Crippen LogP contribution in [0.5, 0.6) is 0 Å². The molecule has 1 aliphatic carbocycles. The smallest absolute Gasteiger partial charge is 0.188 e. The van der Waals surface area contributed by atoms with Crippen molar-refractivity contribution in [3.63, 3.8) is 0 Å². The normalized spacial score (nSPS) is 26.7. The Balaban J connectivity index is 1.92. The Labute approximate surface area is 146 Å². The number of carbonyl (C=O) groups excluding carboxylic acids is 1. The first-order valence-corrected chi connectivity index (χ1v) is 9.37. The van der Waals surface area contributed by atoms with E-state index in [2.05, 4.69) is 38.7 Å². The molecule has 1 aliphatic heterocycles. The molecular weight excluding hydrogens is 294 g/mol. The highest BCUT2D eigenvalue weighted by molar-refractivity contribution is 6.08. The molecule has 0 spiro atoms. The summed E-state index contributed by atoms with van der Waals surface area (Å²) >= 11 is 0. The average Bonchev–Trinajstić information content (AvgIpc) is 2.53. The summed E-state index contributed by atoms with van der Waals surface area (Å²) < 4.78 is 0. The van der Waals surface area contributed by atoms with E-state index in [1.165, 1.54) is 32.4 Å². The second kappa shape index (κ2) is 6.48. The van der Waals surface area contributed by atoms with Crippen molar-refractivity contribution in [1.29, 1.82) is 0 Å². The molecule has 1 saturated heterocycles. The van der Waals surface area contributed by atoms with E-state index in [1.807, 2.05) is 30.3 Å². The maximum absolute atomic E-state index is 13.0. The van der Waals surface area contributed by atoms with Gasteiger partial charge in [0.2, 0.25) is 0 Å². The van der Waals surface area contributed by atoms with Crippen LogP contribution in [-0.2, 0) is 0 Å². The molecule has 1 aromatic rings. The Bertz CT molecular complexity index is 621. The van der Waals surface area contributed by atoms with Gasteiger partial charge in [-0.05, 0) is 48.8 Å². The first-order valence-electron chi connectivity index (χ1n) is 9.37. The molecule has 2 heteroatoms. The molecule has 0 saturated carbocycles. The lowest BCUT2D eigenvalue weighted by Gasteiger charge is -2.53. The minimum atomic E-state index is 0.0128. The van der Waals surface area contributed by atoms with E-state index in [0.717, 1.165) is 17.6 Å². The van der Waals surface area contributed by atoms with Crippen molar-refractivity contribution in [3.8, 4) is 0 Å². The van der Waals surface area contributed by atoms with Crippen molar-refractivity contribution in [2.75, 3.05) is 13.1 Å². The minimum absolute atomic E-state index is 0.0128. The number of benzene rings is 1. The number of ketones is 1. The monoisotopic (exact) mass is 325 g/mol. The number of hydrogen-bond acceptors (Lipinski definition) is 2. The van der Waals surface area contributed by atoms with Gasteiger partial charge in [0.15, 0.2) is 5.78 Å². The van der Waals surface area contributed by atoms with Crippen LogP contribution < -0.4 is 0 Å². The van der Waals surface area contributed by atoms with Crippen LogP contribution in [-0.4, -0.2) is 29.8 Å². The maximum Gasteiger partial charge on any atom is 0.188 e. The molecule has 1 atom stereocenters. The Morgan fingerprint density at radius 2 is 1.62 bits per heavy atom. The number of rotatable bonds is 3. The second-order valence-corrected chi connectivity index (χ2v) is 8.85. The summed E-state index contributed by atoms with van der Waals surface area (Å²) in [6.07, 6.45) is 7.11. The Hall–Kier alpha value is -1.41. The van der Waals surface area contributed by atoms with Crippen LogP contribution in [0.2, 0.25) is 0 Å². The van der Waals surface area contributed by atoms with Crippen LogP contribution in [0.1, 0.15) is 63.7 Å². The molecule has 3 rings (SSSR count). The molecule has 1 fully saturated rings. The minimum Gasteiger partial charge on any atom is -0.299 e.